The van der Waals surface area contributed by atoms with Crippen molar-refractivity contribution < 1.29 is 24.3 Å². The number of thiazole rings is 1. The van der Waals surface area contributed by atoms with Gasteiger partial charge in [0.05, 0.1) is 18.3 Å². The Labute approximate surface area is 188 Å². The van der Waals surface area contributed by atoms with Crippen LogP contribution in [0.3, 0.4) is 0 Å². The summed E-state index contributed by atoms with van der Waals surface area (Å²) in [6.07, 6.45) is 6.72. The Morgan fingerprint density at radius 3 is 2.78 bits per heavy atom. The molecule has 5 N–H and O–H groups in total. The average Bonchev–Trinajstić information content (AvgIpc) is 3.45. The van der Waals surface area contributed by atoms with E-state index in [4.69, 9.17) is 10.2 Å². The third kappa shape index (κ3) is 4.46. The predicted octanol–water partition coefficient (Wildman–Crippen LogP) is 0.688. The van der Waals surface area contributed by atoms with Crippen LogP contribution in [0.25, 0.3) is 11.3 Å². The zero-order chi connectivity index (χ0) is 22.9. The van der Waals surface area contributed by atoms with Crippen LogP contribution in [0.4, 0.5) is 0 Å². The third-order valence-corrected chi connectivity index (χ3v) is 8.22. The molecular formula is C20H21N5O5S2. The molecule has 1 atom stereocenters. The number of nitrogens with two attached hydrogens (primary N) is 1. The number of rotatable bonds is 6. The molecule has 0 bridgehead atoms. The molecule has 4 rings (SSSR count). The van der Waals surface area contributed by atoms with E-state index >= 15 is 0 Å². The quantitative estimate of drug-likeness (QED) is 0.377. The van der Waals surface area contributed by atoms with E-state index < -0.39 is 28.2 Å². The Morgan fingerprint density at radius 2 is 2.06 bits per heavy atom. The first-order chi connectivity index (χ1) is 15.2. The molecule has 12 heteroatoms. The first-order valence-corrected chi connectivity index (χ1v) is 12.1. The Kier molecular flexibility index (Phi) is 6.16. The average molecular weight is 476 g/mol. The SMILES string of the molecule is NS(=O)(=NC(=O)Cc1c(-c2ccncn2)ccc2c1CCC2)c1cnc(C(O)(O)CO)s1. The number of hydrogen-bond acceptors (Lipinski definition) is 9. The van der Waals surface area contributed by atoms with Crippen molar-refractivity contribution in [2.24, 2.45) is 9.50 Å². The normalized spacial score (nSPS) is 15.2. The van der Waals surface area contributed by atoms with Crippen molar-refractivity contribution in [3.8, 4) is 11.3 Å². The van der Waals surface area contributed by atoms with E-state index in [1.807, 2.05) is 12.1 Å². The number of aromatic nitrogens is 3. The molecule has 0 saturated heterocycles. The van der Waals surface area contributed by atoms with Crippen molar-refractivity contribution in [2.45, 2.75) is 35.7 Å². The van der Waals surface area contributed by atoms with Gasteiger partial charge in [-0.2, -0.15) is 0 Å². The molecule has 0 spiro atoms. The highest BCUT2D eigenvalue weighted by atomic mass is 32.2. The molecule has 0 aliphatic heterocycles. The fourth-order valence-electron chi connectivity index (χ4n) is 3.66. The van der Waals surface area contributed by atoms with E-state index in [1.165, 1.54) is 6.33 Å². The van der Waals surface area contributed by atoms with Crippen molar-refractivity contribution in [3.05, 3.63) is 58.6 Å². The van der Waals surface area contributed by atoms with Crippen LogP contribution in [0.5, 0.6) is 0 Å². The fraction of sp³-hybridized carbons (Fsp3) is 0.300. The van der Waals surface area contributed by atoms with Crippen molar-refractivity contribution in [2.75, 3.05) is 6.61 Å². The number of nitrogens with zero attached hydrogens (tertiary/aromatic N) is 4. The fourth-order valence-corrected chi connectivity index (χ4v) is 5.78. The van der Waals surface area contributed by atoms with E-state index in [2.05, 4.69) is 19.3 Å². The van der Waals surface area contributed by atoms with Gasteiger partial charge in [-0.1, -0.05) is 12.1 Å². The molecule has 2 heterocycles. The summed E-state index contributed by atoms with van der Waals surface area (Å²) in [5.74, 6) is -3.27. The van der Waals surface area contributed by atoms with Crippen molar-refractivity contribution in [3.63, 3.8) is 0 Å². The van der Waals surface area contributed by atoms with Gasteiger partial charge in [0.1, 0.15) is 17.1 Å². The van der Waals surface area contributed by atoms with Gasteiger partial charge in [0.25, 0.3) is 5.91 Å². The van der Waals surface area contributed by atoms with Crippen LogP contribution in [0.15, 0.2) is 45.5 Å². The molecule has 1 aromatic carbocycles. The maximum atomic E-state index is 12.9. The van der Waals surface area contributed by atoms with Crippen molar-refractivity contribution in [1.82, 2.24) is 15.0 Å². The molecule has 1 unspecified atom stereocenters. The highest BCUT2D eigenvalue weighted by Crippen LogP contribution is 2.33. The third-order valence-electron chi connectivity index (χ3n) is 5.16. The highest BCUT2D eigenvalue weighted by molar-refractivity contribution is 7.93. The second kappa shape index (κ2) is 8.73. The van der Waals surface area contributed by atoms with Crippen molar-refractivity contribution in [1.29, 1.82) is 0 Å². The van der Waals surface area contributed by atoms with Gasteiger partial charge in [0.2, 0.25) is 5.79 Å². The Morgan fingerprint density at radius 1 is 1.25 bits per heavy atom. The zero-order valence-corrected chi connectivity index (χ0v) is 18.5. The number of aliphatic hydroxyl groups is 3. The minimum atomic E-state index is -3.67. The predicted molar refractivity (Wildman–Crippen MR) is 117 cm³/mol. The molecule has 3 aromatic rings. The number of amides is 1. The van der Waals surface area contributed by atoms with Crippen LogP contribution in [0.1, 0.15) is 28.1 Å². The molecule has 32 heavy (non-hydrogen) atoms. The van der Waals surface area contributed by atoms with Crippen LogP contribution in [0.2, 0.25) is 0 Å². The van der Waals surface area contributed by atoms with Gasteiger partial charge in [-0.25, -0.2) is 24.3 Å². The van der Waals surface area contributed by atoms with Crippen LogP contribution in [0, 0.1) is 0 Å². The summed E-state index contributed by atoms with van der Waals surface area (Å²) < 4.78 is 16.6. The van der Waals surface area contributed by atoms with Gasteiger partial charge in [-0.3, -0.25) is 4.79 Å². The summed E-state index contributed by atoms with van der Waals surface area (Å²) in [5, 5.41) is 33.9. The minimum absolute atomic E-state index is 0.101. The molecular weight excluding hydrogens is 454 g/mol. The lowest BCUT2D eigenvalue weighted by Crippen LogP contribution is -2.29. The highest BCUT2D eigenvalue weighted by Gasteiger charge is 2.30. The van der Waals surface area contributed by atoms with Crippen LogP contribution in [-0.2, 0) is 39.8 Å². The maximum absolute atomic E-state index is 12.9. The minimum Gasteiger partial charge on any atom is -0.390 e. The number of carbonyl (C=O) groups is 1. The van der Waals surface area contributed by atoms with Gasteiger partial charge in [-0.15, -0.1) is 15.7 Å². The second-order valence-electron chi connectivity index (χ2n) is 7.37. The summed E-state index contributed by atoms with van der Waals surface area (Å²) in [5.41, 5.74) is 4.47. The van der Waals surface area contributed by atoms with E-state index in [0.29, 0.717) is 17.0 Å². The summed E-state index contributed by atoms with van der Waals surface area (Å²) >= 11 is 0.605. The molecule has 10 nitrogen and oxygen atoms in total. The molecule has 0 fully saturated rings. The standard InChI is InChI=1S/C20H21N5O5S2/c21-32(30,18-9-23-19(31-18)20(28,29)10-26)25-17(27)8-15-13-3-1-2-12(13)4-5-14(15)16-6-7-22-11-24-16/h4-7,9,11,26,28-29H,1-3,8,10H2,(H2,21,25,27,30). The molecule has 1 amide bonds. The number of hydrogen-bond donors (Lipinski definition) is 4. The lowest BCUT2D eigenvalue weighted by atomic mass is 9.93. The summed E-state index contributed by atoms with van der Waals surface area (Å²) in [7, 11) is -3.67. The Balaban J connectivity index is 1.68. The van der Waals surface area contributed by atoms with Gasteiger partial charge in [0, 0.05) is 11.8 Å². The topological polar surface area (TPSA) is 172 Å². The molecule has 2 aromatic heterocycles. The maximum Gasteiger partial charge on any atom is 0.259 e. The monoisotopic (exact) mass is 475 g/mol. The Hall–Kier alpha value is -2.61. The zero-order valence-electron chi connectivity index (χ0n) is 16.8. The van der Waals surface area contributed by atoms with E-state index in [9.17, 15) is 19.2 Å². The Bertz CT molecular complexity index is 1280. The first kappa shape index (κ1) is 22.6. The smallest absolute Gasteiger partial charge is 0.259 e. The number of benzene rings is 1. The van der Waals surface area contributed by atoms with Crippen LogP contribution >= 0.6 is 11.3 Å². The second-order valence-corrected chi connectivity index (χ2v) is 10.4. The molecule has 0 saturated carbocycles. The molecule has 0 radical (unpaired) electrons. The summed E-state index contributed by atoms with van der Waals surface area (Å²) in [6.45, 7) is -1.01. The lowest BCUT2D eigenvalue weighted by Gasteiger charge is -2.14. The summed E-state index contributed by atoms with van der Waals surface area (Å²) in [6, 6.07) is 5.71. The molecule has 1 aliphatic rings. The lowest BCUT2D eigenvalue weighted by molar-refractivity contribution is -0.195. The number of carbonyl (C=O) groups excluding carboxylic acids is 1. The summed E-state index contributed by atoms with van der Waals surface area (Å²) in [4.78, 5) is 24.8. The number of fused-ring (bicyclic) bond motifs is 1. The number of aryl methyl sites for hydroxylation is 1. The van der Waals surface area contributed by atoms with E-state index in [0.717, 1.165) is 47.7 Å². The van der Waals surface area contributed by atoms with Gasteiger partial charge in [0.15, 0.2) is 14.9 Å². The number of aliphatic hydroxyl groups excluding tert-OH is 1. The van der Waals surface area contributed by atoms with E-state index in [-0.39, 0.29) is 15.6 Å². The molecule has 168 valence electrons. The largest absolute Gasteiger partial charge is 0.390 e. The van der Waals surface area contributed by atoms with Crippen LogP contribution in [-0.4, -0.2) is 47.0 Å². The first-order valence-electron chi connectivity index (χ1n) is 9.71. The molecule has 1 aliphatic carbocycles. The van der Waals surface area contributed by atoms with Gasteiger partial charge >= 0.3 is 0 Å². The van der Waals surface area contributed by atoms with E-state index in [1.54, 1.807) is 12.3 Å². The van der Waals surface area contributed by atoms with Gasteiger partial charge in [-0.05, 0) is 42.0 Å². The van der Waals surface area contributed by atoms with Gasteiger partial charge < -0.3 is 15.3 Å². The van der Waals surface area contributed by atoms with Crippen LogP contribution < -0.4 is 5.14 Å². The van der Waals surface area contributed by atoms with Crippen molar-refractivity contribution >= 4 is 27.2 Å².